The predicted octanol–water partition coefficient (Wildman–Crippen LogP) is 1.16. The van der Waals surface area contributed by atoms with Gasteiger partial charge in [0, 0.05) is 49.4 Å². The first-order chi connectivity index (χ1) is 10.6. The van der Waals surface area contributed by atoms with Crippen molar-refractivity contribution >= 4 is 11.6 Å². The van der Waals surface area contributed by atoms with Crippen LogP contribution in [0.1, 0.15) is 26.7 Å². The summed E-state index contributed by atoms with van der Waals surface area (Å²) in [5.74, 6) is -0.00988. The van der Waals surface area contributed by atoms with E-state index in [1.54, 1.807) is 13.8 Å². The molecule has 5 heteroatoms. The first-order valence-corrected chi connectivity index (χ1v) is 8.13. The monoisotopic (exact) mass is 304 g/mol. The molecule has 120 valence electrons. The maximum atomic E-state index is 12.4. The number of nitrogens with zero attached hydrogens (tertiary/aromatic N) is 2. The highest BCUT2D eigenvalue weighted by Gasteiger charge is 2.31. The lowest BCUT2D eigenvalue weighted by Gasteiger charge is -2.41. The molecule has 0 amide bonds. The van der Waals surface area contributed by atoms with Crippen LogP contribution >= 0.6 is 0 Å². The van der Waals surface area contributed by atoms with E-state index >= 15 is 0 Å². The summed E-state index contributed by atoms with van der Waals surface area (Å²) in [5.41, 5.74) is 1.77. The molecule has 2 saturated heterocycles. The summed E-state index contributed by atoms with van der Waals surface area (Å²) in [7, 11) is 0. The molecule has 0 aromatic heterocycles. The molecule has 0 bridgehead atoms. The average molecular weight is 304 g/mol. The number of ketones is 2. The third-order valence-corrected chi connectivity index (χ3v) is 5.14. The number of carbonyl (C=O) groups is 2. The molecule has 0 aromatic rings. The Labute approximate surface area is 131 Å². The van der Waals surface area contributed by atoms with Crippen molar-refractivity contribution in [3.05, 3.63) is 22.9 Å². The fourth-order valence-corrected chi connectivity index (χ4v) is 3.49. The van der Waals surface area contributed by atoms with Gasteiger partial charge in [-0.15, -0.1) is 0 Å². The highest BCUT2D eigenvalue weighted by atomic mass is 16.5. The lowest BCUT2D eigenvalue weighted by Crippen LogP contribution is -2.49. The number of Topliss-reactive ketones (excluding diaryl/α,β-unsaturated/α-hetero) is 1. The van der Waals surface area contributed by atoms with Gasteiger partial charge in [0.25, 0.3) is 0 Å². The van der Waals surface area contributed by atoms with Crippen LogP contribution in [0.2, 0.25) is 0 Å². The second-order valence-electron chi connectivity index (χ2n) is 6.34. The van der Waals surface area contributed by atoms with Gasteiger partial charge < -0.3 is 9.64 Å². The average Bonchev–Trinajstić information content (AvgIpc) is 2.57. The van der Waals surface area contributed by atoms with Crippen LogP contribution in [0.25, 0.3) is 0 Å². The Bertz CT molecular complexity index is 536. The molecule has 1 aliphatic carbocycles. The summed E-state index contributed by atoms with van der Waals surface area (Å²) in [6.45, 7) is 8.83. The first kappa shape index (κ1) is 15.4. The van der Waals surface area contributed by atoms with E-state index in [1.165, 1.54) is 6.08 Å². The number of hydrogen-bond acceptors (Lipinski definition) is 5. The molecule has 22 heavy (non-hydrogen) atoms. The Kier molecular flexibility index (Phi) is 4.45. The van der Waals surface area contributed by atoms with Crippen LogP contribution in [0.3, 0.4) is 0 Å². The van der Waals surface area contributed by atoms with E-state index in [9.17, 15) is 9.59 Å². The number of rotatable bonds is 2. The topological polar surface area (TPSA) is 49.9 Å². The van der Waals surface area contributed by atoms with Crippen molar-refractivity contribution in [2.45, 2.75) is 32.7 Å². The second kappa shape index (κ2) is 6.34. The third kappa shape index (κ3) is 2.88. The van der Waals surface area contributed by atoms with Crippen LogP contribution in [-0.4, -0.2) is 66.8 Å². The van der Waals surface area contributed by atoms with Gasteiger partial charge in [-0.25, -0.2) is 0 Å². The van der Waals surface area contributed by atoms with Crippen molar-refractivity contribution in [2.75, 3.05) is 39.4 Å². The minimum Gasteiger partial charge on any atom is -0.379 e. The fourth-order valence-electron chi connectivity index (χ4n) is 3.49. The van der Waals surface area contributed by atoms with E-state index in [0.29, 0.717) is 22.9 Å². The SMILES string of the molecule is CC1=C(C)C(=O)C(N2CCC(N3CCOCC3)CC2)=CC1=O. The largest absolute Gasteiger partial charge is 0.379 e. The van der Waals surface area contributed by atoms with Crippen molar-refractivity contribution in [1.29, 1.82) is 0 Å². The molecule has 0 aromatic carbocycles. The van der Waals surface area contributed by atoms with Gasteiger partial charge in [0.2, 0.25) is 5.78 Å². The minimum absolute atomic E-state index is 0.0157. The third-order valence-electron chi connectivity index (χ3n) is 5.14. The molecule has 0 unspecified atom stereocenters. The number of carbonyl (C=O) groups excluding carboxylic acids is 2. The van der Waals surface area contributed by atoms with Gasteiger partial charge in [-0.1, -0.05) is 0 Å². The number of likely N-dealkylation sites (tertiary alicyclic amines) is 1. The summed E-state index contributed by atoms with van der Waals surface area (Å²) in [4.78, 5) is 29.0. The number of allylic oxidation sites excluding steroid dienone is 3. The lowest BCUT2D eigenvalue weighted by molar-refractivity contribution is -0.117. The molecule has 2 fully saturated rings. The van der Waals surface area contributed by atoms with Crippen LogP contribution in [0.4, 0.5) is 0 Å². The molecule has 2 aliphatic heterocycles. The van der Waals surface area contributed by atoms with Crippen LogP contribution in [0.5, 0.6) is 0 Å². The number of morpholine rings is 1. The first-order valence-electron chi connectivity index (χ1n) is 8.13. The van der Waals surface area contributed by atoms with Crippen molar-refractivity contribution in [2.24, 2.45) is 0 Å². The quantitative estimate of drug-likeness (QED) is 0.717. The molecule has 3 aliphatic rings. The molecule has 3 rings (SSSR count). The van der Waals surface area contributed by atoms with Crippen LogP contribution in [0, 0.1) is 0 Å². The van der Waals surface area contributed by atoms with Crippen molar-refractivity contribution in [3.63, 3.8) is 0 Å². The van der Waals surface area contributed by atoms with Gasteiger partial charge in [-0.05, 0) is 26.7 Å². The Morgan fingerprint density at radius 3 is 2.27 bits per heavy atom. The zero-order valence-electron chi connectivity index (χ0n) is 13.4. The van der Waals surface area contributed by atoms with Gasteiger partial charge in [-0.3, -0.25) is 14.5 Å². The predicted molar refractivity (Wildman–Crippen MR) is 83.5 cm³/mol. The van der Waals surface area contributed by atoms with Crippen LogP contribution < -0.4 is 0 Å². The maximum Gasteiger partial charge on any atom is 0.205 e. The summed E-state index contributed by atoms with van der Waals surface area (Å²) >= 11 is 0. The smallest absolute Gasteiger partial charge is 0.205 e. The van der Waals surface area contributed by atoms with Crippen molar-refractivity contribution in [3.8, 4) is 0 Å². The maximum absolute atomic E-state index is 12.4. The fraction of sp³-hybridized carbons (Fsp3) is 0.647. The Balaban J connectivity index is 1.63. The summed E-state index contributed by atoms with van der Waals surface area (Å²) in [6.07, 6.45) is 3.61. The van der Waals surface area contributed by atoms with E-state index < -0.39 is 0 Å². The summed E-state index contributed by atoms with van der Waals surface area (Å²) in [6, 6.07) is 0.577. The number of piperidine rings is 1. The number of hydrogen-bond donors (Lipinski definition) is 0. The Morgan fingerprint density at radius 1 is 1.00 bits per heavy atom. The molecule has 0 saturated carbocycles. The Hall–Kier alpha value is -1.46. The van der Waals surface area contributed by atoms with E-state index in [-0.39, 0.29) is 11.6 Å². The zero-order valence-corrected chi connectivity index (χ0v) is 13.4. The minimum atomic E-state index is -0.0256. The zero-order chi connectivity index (χ0) is 15.7. The molecule has 0 radical (unpaired) electrons. The van der Waals surface area contributed by atoms with Crippen LogP contribution in [0.15, 0.2) is 22.9 Å². The van der Waals surface area contributed by atoms with E-state index in [0.717, 1.165) is 52.2 Å². The standard InChI is InChI=1S/C17H24N2O3/c1-12-13(2)17(21)15(11-16(12)20)19-5-3-14(4-6-19)18-7-9-22-10-8-18/h11,14H,3-10H2,1-2H3. The highest BCUT2D eigenvalue weighted by Crippen LogP contribution is 2.26. The number of ether oxygens (including phenoxy) is 1. The van der Waals surface area contributed by atoms with Gasteiger partial charge in [0.1, 0.15) is 0 Å². The molecular formula is C17H24N2O3. The Morgan fingerprint density at radius 2 is 1.64 bits per heavy atom. The molecular weight excluding hydrogens is 280 g/mol. The molecule has 0 N–H and O–H groups in total. The van der Waals surface area contributed by atoms with Gasteiger partial charge in [-0.2, -0.15) is 0 Å². The molecule has 2 heterocycles. The van der Waals surface area contributed by atoms with Gasteiger partial charge in [0.05, 0.1) is 18.9 Å². The van der Waals surface area contributed by atoms with Gasteiger partial charge in [0.15, 0.2) is 5.78 Å². The van der Waals surface area contributed by atoms with Crippen molar-refractivity contribution in [1.82, 2.24) is 9.80 Å². The highest BCUT2D eigenvalue weighted by molar-refractivity contribution is 6.21. The second-order valence-corrected chi connectivity index (χ2v) is 6.34. The van der Waals surface area contributed by atoms with E-state index in [4.69, 9.17) is 4.74 Å². The van der Waals surface area contributed by atoms with E-state index in [2.05, 4.69) is 9.80 Å². The van der Waals surface area contributed by atoms with Crippen molar-refractivity contribution < 1.29 is 14.3 Å². The molecule has 0 atom stereocenters. The van der Waals surface area contributed by atoms with E-state index in [1.807, 2.05) is 0 Å². The van der Waals surface area contributed by atoms with Crippen LogP contribution in [-0.2, 0) is 14.3 Å². The molecule has 5 nitrogen and oxygen atoms in total. The normalized spacial score (nSPS) is 25.7. The summed E-state index contributed by atoms with van der Waals surface area (Å²) in [5, 5.41) is 0. The lowest BCUT2D eigenvalue weighted by atomic mass is 9.92. The van der Waals surface area contributed by atoms with Gasteiger partial charge >= 0.3 is 0 Å². The summed E-state index contributed by atoms with van der Waals surface area (Å²) < 4.78 is 5.41. The molecule has 0 spiro atoms.